The molecule has 0 unspecified atom stereocenters. The topological polar surface area (TPSA) is 87.2 Å². The van der Waals surface area contributed by atoms with Gasteiger partial charge in [-0.05, 0) is 104 Å². The van der Waals surface area contributed by atoms with Crippen molar-refractivity contribution in [3.8, 4) is 0 Å². The average molecular weight is 597 g/mol. The van der Waals surface area contributed by atoms with Gasteiger partial charge in [0.05, 0.1) is 29.0 Å². The minimum atomic E-state index is -4.99. The number of alkyl halides is 6. The fourth-order valence-electron chi connectivity index (χ4n) is 5.96. The van der Waals surface area contributed by atoms with Crippen molar-refractivity contribution in [1.82, 2.24) is 20.6 Å². The van der Waals surface area contributed by atoms with Crippen LogP contribution in [-0.4, -0.2) is 39.4 Å². The van der Waals surface area contributed by atoms with Crippen molar-refractivity contribution in [2.45, 2.75) is 83.9 Å². The Bertz CT molecular complexity index is 1420. The number of aromatic amines is 1. The molecular weight excluding hydrogens is 566 g/mol. The predicted molar refractivity (Wildman–Crippen MR) is 141 cm³/mol. The van der Waals surface area contributed by atoms with Crippen LogP contribution >= 0.6 is 0 Å². The van der Waals surface area contributed by atoms with Crippen molar-refractivity contribution < 1.29 is 35.9 Å². The molecule has 3 aromatic rings. The maximum absolute atomic E-state index is 13.7. The Morgan fingerprint density at radius 2 is 1.71 bits per heavy atom. The van der Waals surface area contributed by atoms with Gasteiger partial charge in [-0.3, -0.25) is 4.90 Å². The molecule has 0 radical (unpaired) electrons. The van der Waals surface area contributed by atoms with Gasteiger partial charge in [0, 0.05) is 13.1 Å². The molecule has 14 heteroatoms. The molecule has 0 saturated heterocycles. The molecular formula is C28H30F6N6O2. The van der Waals surface area contributed by atoms with Crippen LogP contribution in [0, 0.1) is 6.92 Å². The number of carbonyl (C=O) groups is 1. The van der Waals surface area contributed by atoms with E-state index in [2.05, 4.69) is 20.6 Å². The van der Waals surface area contributed by atoms with E-state index >= 15 is 0 Å². The Balaban J connectivity index is 1.66. The van der Waals surface area contributed by atoms with Crippen LogP contribution in [0.3, 0.4) is 0 Å². The average Bonchev–Trinajstić information content (AvgIpc) is 3.57. The lowest BCUT2D eigenvalue weighted by molar-refractivity contribution is -0.143. The summed E-state index contributed by atoms with van der Waals surface area (Å²) in [6, 6.07) is 2.88. The first-order valence-electron chi connectivity index (χ1n) is 13.7. The summed E-state index contributed by atoms with van der Waals surface area (Å²) in [4.78, 5) is 16.5. The highest BCUT2D eigenvalue weighted by Crippen LogP contribution is 2.46. The van der Waals surface area contributed by atoms with Crippen molar-refractivity contribution >= 4 is 17.7 Å². The van der Waals surface area contributed by atoms with Gasteiger partial charge in [0.2, 0.25) is 0 Å². The number of anilines is 2. The zero-order chi connectivity index (χ0) is 30.4. The van der Waals surface area contributed by atoms with Gasteiger partial charge in [-0.15, -0.1) is 5.10 Å². The van der Waals surface area contributed by atoms with Crippen molar-refractivity contribution in [3.05, 3.63) is 63.2 Å². The second-order valence-corrected chi connectivity index (χ2v) is 10.9. The molecule has 1 amide bonds. The largest absolute Gasteiger partial charge is 0.446 e. The van der Waals surface area contributed by atoms with Crippen LogP contribution in [0.2, 0.25) is 0 Å². The Morgan fingerprint density at radius 3 is 2.31 bits per heavy atom. The highest BCUT2D eigenvalue weighted by Gasteiger charge is 2.39. The molecule has 1 atom stereocenters. The summed E-state index contributed by atoms with van der Waals surface area (Å²) in [7, 11) is 0. The Hall–Kier alpha value is -3.84. The van der Waals surface area contributed by atoms with Crippen LogP contribution in [-0.2, 0) is 36.5 Å². The molecule has 1 aromatic heterocycles. The number of tetrazole rings is 1. The fraction of sp³-hybridized carbons (Fsp3) is 0.500. The summed E-state index contributed by atoms with van der Waals surface area (Å²) in [5.41, 5.74) is 1.49. The molecule has 0 bridgehead atoms. The number of H-pyrrole nitrogens is 1. The first-order chi connectivity index (χ1) is 19.7. The van der Waals surface area contributed by atoms with Gasteiger partial charge in [-0.1, -0.05) is 11.2 Å². The number of nitrogens with one attached hydrogen (secondary N) is 1. The lowest BCUT2D eigenvalue weighted by Crippen LogP contribution is -2.35. The summed E-state index contributed by atoms with van der Waals surface area (Å²) in [5.74, 6) is 0.00767. The first kappa shape index (κ1) is 29.6. The van der Waals surface area contributed by atoms with Crippen molar-refractivity contribution in [3.63, 3.8) is 0 Å². The molecule has 1 N–H and O–H groups in total. The molecule has 8 nitrogen and oxygen atoms in total. The van der Waals surface area contributed by atoms with E-state index < -0.39 is 35.6 Å². The summed E-state index contributed by atoms with van der Waals surface area (Å²) in [6.45, 7) is 5.42. The normalized spacial score (nSPS) is 17.2. The summed E-state index contributed by atoms with van der Waals surface area (Å²) in [6.07, 6.45) is -7.51. The van der Waals surface area contributed by atoms with Gasteiger partial charge in [0.25, 0.3) is 5.95 Å². The number of halogens is 6. The number of fused-ring (bicyclic) bond motifs is 3. The first-order valence-corrected chi connectivity index (χ1v) is 13.7. The molecule has 1 aliphatic heterocycles. The third-order valence-electron chi connectivity index (χ3n) is 7.64. The second kappa shape index (κ2) is 11.1. The number of carbonyl (C=O) groups excluding carboxylic acids is 1. The zero-order valence-electron chi connectivity index (χ0n) is 23.2. The molecule has 2 aliphatic rings. The lowest BCUT2D eigenvalue weighted by Gasteiger charge is -2.33. The number of aryl methyl sites for hydroxylation is 1. The highest BCUT2D eigenvalue weighted by atomic mass is 19.4. The van der Waals surface area contributed by atoms with Gasteiger partial charge in [0.15, 0.2) is 0 Å². The van der Waals surface area contributed by atoms with E-state index in [1.807, 2.05) is 13.0 Å². The van der Waals surface area contributed by atoms with Crippen molar-refractivity contribution in [2.24, 2.45) is 0 Å². The van der Waals surface area contributed by atoms with Crippen LogP contribution in [0.25, 0.3) is 0 Å². The highest BCUT2D eigenvalue weighted by molar-refractivity contribution is 5.91. The van der Waals surface area contributed by atoms with E-state index in [0.29, 0.717) is 42.8 Å². The maximum atomic E-state index is 13.7. The number of aromatic nitrogens is 4. The van der Waals surface area contributed by atoms with E-state index in [1.165, 1.54) is 0 Å². The molecule has 2 heterocycles. The maximum Gasteiger partial charge on any atom is 0.416 e. The number of benzene rings is 2. The van der Waals surface area contributed by atoms with Gasteiger partial charge >= 0.3 is 18.4 Å². The third-order valence-corrected chi connectivity index (χ3v) is 7.64. The molecule has 0 saturated carbocycles. The Kier molecular flexibility index (Phi) is 7.84. The summed E-state index contributed by atoms with van der Waals surface area (Å²) in [5, 5.41) is 14.0. The van der Waals surface area contributed by atoms with Gasteiger partial charge in [0.1, 0.15) is 0 Å². The number of nitrogens with zero attached hydrogens (tertiary/aromatic N) is 5. The van der Waals surface area contributed by atoms with Crippen LogP contribution in [0.5, 0.6) is 0 Å². The SMILES string of the molecule is Cc1cc2c(c3c1CCC3)N(C(=O)OC(C)C)CCC[C@@H]2N(Cc1cc(C(F)(F)F)cc(C(F)(F)F)c1)c1nn[nH]n1. The van der Waals surface area contributed by atoms with Gasteiger partial charge in [-0.25, -0.2) is 4.79 Å². The predicted octanol–water partition coefficient (Wildman–Crippen LogP) is 6.93. The van der Waals surface area contributed by atoms with E-state index in [0.717, 1.165) is 36.0 Å². The van der Waals surface area contributed by atoms with Gasteiger partial charge in [-0.2, -0.15) is 31.6 Å². The smallest absolute Gasteiger partial charge is 0.416 e. The molecule has 0 spiro atoms. The van der Waals surface area contributed by atoms with Gasteiger partial charge < -0.3 is 9.64 Å². The van der Waals surface area contributed by atoms with Crippen LogP contribution < -0.4 is 9.80 Å². The number of hydrogen-bond donors (Lipinski definition) is 1. The standard InChI is InChI=1S/C28H30F6N6O2/c1-15(2)42-26(41)39-9-5-8-23(22-10-16(3)20-6-4-7-21(20)24(22)39)40(25-35-37-38-36-25)14-17-11-18(27(29,30)31)13-19(12-17)28(32,33)34/h10-13,15,23H,4-9,14H2,1-3H3,(H,35,36,37,38)/t23-/m0/s1. The van der Waals surface area contributed by atoms with Crippen molar-refractivity contribution in [2.75, 3.05) is 16.3 Å². The number of amides is 1. The quantitative estimate of drug-likeness (QED) is 0.322. The molecule has 226 valence electrons. The summed E-state index contributed by atoms with van der Waals surface area (Å²) >= 11 is 0. The molecule has 5 rings (SSSR count). The minimum absolute atomic E-state index is 0.00767. The van der Waals surface area contributed by atoms with Crippen molar-refractivity contribution in [1.29, 1.82) is 0 Å². The molecule has 42 heavy (non-hydrogen) atoms. The molecule has 0 fully saturated rings. The second-order valence-electron chi connectivity index (χ2n) is 10.9. The molecule has 2 aromatic carbocycles. The third kappa shape index (κ3) is 5.88. The Morgan fingerprint density at radius 1 is 1.05 bits per heavy atom. The van der Waals surface area contributed by atoms with Crippen LogP contribution in [0.4, 0.5) is 42.8 Å². The van der Waals surface area contributed by atoms with E-state index in [4.69, 9.17) is 4.74 Å². The number of rotatable bonds is 5. The van der Waals surface area contributed by atoms with Crippen LogP contribution in [0.15, 0.2) is 24.3 Å². The fourth-order valence-corrected chi connectivity index (χ4v) is 5.96. The van der Waals surface area contributed by atoms with E-state index in [-0.39, 0.29) is 30.2 Å². The van der Waals surface area contributed by atoms with Crippen LogP contribution in [0.1, 0.15) is 78.1 Å². The monoisotopic (exact) mass is 596 g/mol. The number of ether oxygens (including phenoxy) is 1. The minimum Gasteiger partial charge on any atom is -0.446 e. The summed E-state index contributed by atoms with van der Waals surface area (Å²) < 4.78 is 87.5. The van der Waals surface area contributed by atoms with E-state index in [9.17, 15) is 31.1 Å². The molecule has 1 aliphatic carbocycles. The lowest BCUT2D eigenvalue weighted by atomic mass is 9.91. The van der Waals surface area contributed by atoms with E-state index in [1.54, 1.807) is 23.6 Å². The number of hydrogen-bond acceptors (Lipinski definition) is 6. The zero-order valence-corrected chi connectivity index (χ0v) is 23.2. The Labute approximate surface area is 238 Å².